The molecule has 0 bridgehead atoms. The predicted octanol–water partition coefficient (Wildman–Crippen LogP) is 4.63. The summed E-state index contributed by atoms with van der Waals surface area (Å²) >= 11 is 6.85. The van der Waals surface area contributed by atoms with E-state index in [9.17, 15) is 9.90 Å². The second kappa shape index (κ2) is 9.55. The molecule has 1 aromatic heterocycles. The molecule has 2 aromatic carbocycles. The van der Waals surface area contributed by atoms with E-state index in [1.807, 2.05) is 0 Å². The minimum Gasteiger partial charge on any atom is -0.497 e. The molecule has 3 aromatic rings. The van der Waals surface area contributed by atoms with Gasteiger partial charge in [0.2, 0.25) is 0 Å². The van der Waals surface area contributed by atoms with E-state index in [1.54, 1.807) is 36.4 Å². The highest BCUT2D eigenvalue weighted by Gasteiger charge is 2.19. The lowest BCUT2D eigenvalue weighted by atomic mass is 10.1. The van der Waals surface area contributed by atoms with Crippen LogP contribution in [0, 0.1) is 0 Å². The highest BCUT2D eigenvalue weighted by molar-refractivity contribution is 8.03. The monoisotopic (exact) mass is 448 g/mol. The van der Waals surface area contributed by atoms with Crippen LogP contribution < -0.4 is 14.2 Å². The maximum Gasteiger partial charge on any atom is 0.342 e. The fourth-order valence-corrected chi connectivity index (χ4v) is 3.35. The Kier molecular flexibility index (Phi) is 6.86. The van der Waals surface area contributed by atoms with Crippen molar-refractivity contribution in [1.82, 2.24) is 10.2 Å². The summed E-state index contributed by atoms with van der Waals surface area (Å²) in [5, 5.41) is 18.0. The van der Waals surface area contributed by atoms with Crippen molar-refractivity contribution in [2.75, 3.05) is 21.3 Å². The number of hydrogen-bond acceptors (Lipinski definition) is 8. The molecule has 0 aliphatic rings. The number of benzene rings is 2. The Hall–Kier alpha value is -3.17. The fraction of sp³-hybridized carbons (Fsp3) is 0.150. The summed E-state index contributed by atoms with van der Waals surface area (Å²) in [6.45, 7) is 0. The second-order valence-corrected chi connectivity index (χ2v) is 7.17. The number of nitrogens with zero attached hydrogens (tertiary/aromatic N) is 2. The van der Waals surface area contributed by atoms with Crippen LogP contribution in [0.2, 0.25) is 5.02 Å². The zero-order chi connectivity index (χ0) is 21.7. The SMILES string of the molecule is COc1ccc(/C=C(\Sc2nnc(-c3cc(Cl)ccc3OC)o2)C(=O)O)c(OC)c1. The summed E-state index contributed by atoms with van der Waals surface area (Å²) in [5.74, 6) is 0.548. The van der Waals surface area contributed by atoms with E-state index in [4.69, 9.17) is 30.2 Å². The van der Waals surface area contributed by atoms with Crippen molar-refractivity contribution >= 4 is 35.4 Å². The van der Waals surface area contributed by atoms with Crippen molar-refractivity contribution in [2.24, 2.45) is 0 Å². The molecular weight excluding hydrogens is 432 g/mol. The highest BCUT2D eigenvalue weighted by atomic mass is 35.5. The number of rotatable bonds is 8. The molecule has 0 unspecified atom stereocenters. The molecule has 0 saturated carbocycles. The van der Waals surface area contributed by atoms with Gasteiger partial charge in [0.05, 0.1) is 26.9 Å². The molecule has 3 rings (SSSR count). The largest absolute Gasteiger partial charge is 0.497 e. The Balaban J connectivity index is 1.92. The van der Waals surface area contributed by atoms with Crippen molar-refractivity contribution in [3.05, 3.63) is 51.9 Å². The molecule has 0 saturated heterocycles. The van der Waals surface area contributed by atoms with Gasteiger partial charge in [-0.25, -0.2) is 4.79 Å². The van der Waals surface area contributed by atoms with Crippen LogP contribution in [0.3, 0.4) is 0 Å². The van der Waals surface area contributed by atoms with Gasteiger partial charge in [-0.2, -0.15) is 0 Å². The van der Waals surface area contributed by atoms with E-state index in [0.717, 1.165) is 11.8 Å². The number of thioether (sulfide) groups is 1. The number of hydrogen-bond donors (Lipinski definition) is 1. The van der Waals surface area contributed by atoms with Crippen molar-refractivity contribution in [2.45, 2.75) is 5.22 Å². The van der Waals surface area contributed by atoms with Gasteiger partial charge in [0.1, 0.15) is 22.2 Å². The number of methoxy groups -OCH3 is 3. The number of carboxylic acid groups (broad SMARTS) is 1. The minimum absolute atomic E-state index is 0.0354. The van der Waals surface area contributed by atoms with Gasteiger partial charge in [-0.05, 0) is 48.2 Å². The Morgan fingerprint density at radius 1 is 1.07 bits per heavy atom. The number of carboxylic acids is 1. The molecule has 1 N–H and O–H groups in total. The van der Waals surface area contributed by atoms with Gasteiger partial charge in [-0.1, -0.05) is 11.6 Å². The molecule has 1 heterocycles. The normalized spacial score (nSPS) is 11.3. The van der Waals surface area contributed by atoms with E-state index in [0.29, 0.717) is 33.4 Å². The lowest BCUT2D eigenvalue weighted by molar-refractivity contribution is -0.131. The van der Waals surface area contributed by atoms with Crippen LogP contribution in [0.1, 0.15) is 5.56 Å². The zero-order valence-corrected chi connectivity index (χ0v) is 17.8. The van der Waals surface area contributed by atoms with Crippen molar-refractivity contribution < 1.29 is 28.5 Å². The topological polar surface area (TPSA) is 104 Å². The lowest BCUT2D eigenvalue weighted by Gasteiger charge is -2.08. The first-order valence-electron chi connectivity index (χ1n) is 8.47. The van der Waals surface area contributed by atoms with E-state index < -0.39 is 5.97 Å². The van der Waals surface area contributed by atoms with Crippen molar-refractivity contribution in [3.63, 3.8) is 0 Å². The predicted molar refractivity (Wildman–Crippen MR) is 112 cm³/mol. The second-order valence-electron chi connectivity index (χ2n) is 5.74. The quantitative estimate of drug-likeness (QED) is 0.390. The number of halogens is 1. The summed E-state index contributed by atoms with van der Waals surface area (Å²) in [5.41, 5.74) is 1.06. The third-order valence-electron chi connectivity index (χ3n) is 3.93. The van der Waals surface area contributed by atoms with Crippen LogP contribution in [0.25, 0.3) is 17.5 Å². The molecule has 30 heavy (non-hydrogen) atoms. The molecule has 0 amide bonds. The molecule has 8 nitrogen and oxygen atoms in total. The number of aromatic nitrogens is 2. The van der Waals surface area contributed by atoms with Gasteiger partial charge in [0, 0.05) is 16.7 Å². The first-order chi connectivity index (χ1) is 14.4. The van der Waals surface area contributed by atoms with Gasteiger partial charge < -0.3 is 23.7 Å². The summed E-state index contributed by atoms with van der Waals surface area (Å²) in [4.78, 5) is 11.7. The first-order valence-corrected chi connectivity index (χ1v) is 9.67. The van der Waals surface area contributed by atoms with Gasteiger partial charge in [-0.3, -0.25) is 0 Å². The number of aliphatic carboxylic acids is 1. The van der Waals surface area contributed by atoms with Gasteiger partial charge in [0.15, 0.2) is 0 Å². The Morgan fingerprint density at radius 2 is 1.83 bits per heavy atom. The summed E-state index contributed by atoms with van der Waals surface area (Å²) < 4.78 is 21.4. The van der Waals surface area contributed by atoms with Crippen LogP contribution in [0.5, 0.6) is 17.2 Å². The van der Waals surface area contributed by atoms with E-state index in [-0.39, 0.29) is 16.0 Å². The Bertz CT molecular complexity index is 1100. The standard InChI is InChI=1S/C20H17ClN2O6S/c1-26-13-6-4-11(16(10-13)28-3)8-17(19(24)25)30-20-23-22-18(29-20)14-9-12(21)5-7-15(14)27-2/h4-10H,1-3H3,(H,24,25)/b17-8-. The van der Waals surface area contributed by atoms with E-state index in [2.05, 4.69) is 10.2 Å². The average molecular weight is 449 g/mol. The average Bonchev–Trinajstić information content (AvgIpc) is 3.21. The molecule has 0 atom stereocenters. The molecule has 0 aliphatic heterocycles. The van der Waals surface area contributed by atoms with Crippen LogP contribution in [-0.2, 0) is 4.79 Å². The lowest BCUT2D eigenvalue weighted by Crippen LogP contribution is -1.98. The summed E-state index contributed by atoms with van der Waals surface area (Å²) in [6.07, 6.45) is 1.45. The van der Waals surface area contributed by atoms with Gasteiger partial charge in [-0.15, -0.1) is 10.2 Å². The van der Waals surface area contributed by atoms with Crippen molar-refractivity contribution in [3.8, 4) is 28.7 Å². The Labute approximate surface area is 181 Å². The van der Waals surface area contributed by atoms with Gasteiger partial charge >= 0.3 is 5.97 Å². The smallest absolute Gasteiger partial charge is 0.342 e. The molecule has 0 fully saturated rings. The Morgan fingerprint density at radius 3 is 2.50 bits per heavy atom. The van der Waals surface area contributed by atoms with Crippen LogP contribution in [0.4, 0.5) is 0 Å². The van der Waals surface area contributed by atoms with E-state index in [1.165, 1.54) is 27.4 Å². The minimum atomic E-state index is -1.15. The molecule has 0 radical (unpaired) electrons. The molecular formula is C20H17ClN2O6S. The summed E-state index contributed by atoms with van der Waals surface area (Å²) in [6, 6.07) is 10.0. The summed E-state index contributed by atoms with van der Waals surface area (Å²) in [7, 11) is 4.53. The highest BCUT2D eigenvalue weighted by Crippen LogP contribution is 2.36. The van der Waals surface area contributed by atoms with Crippen molar-refractivity contribution in [1.29, 1.82) is 0 Å². The van der Waals surface area contributed by atoms with Gasteiger partial charge in [0.25, 0.3) is 11.1 Å². The number of ether oxygens (including phenoxy) is 3. The van der Waals surface area contributed by atoms with E-state index >= 15 is 0 Å². The van der Waals surface area contributed by atoms with Crippen LogP contribution >= 0.6 is 23.4 Å². The number of carbonyl (C=O) groups is 1. The maximum atomic E-state index is 11.8. The molecule has 10 heteroatoms. The third kappa shape index (κ3) is 4.87. The molecule has 0 spiro atoms. The zero-order valence-electron chi connectivity index (χ0n) is 16.2. The molecule has 0 aliphatic carbocycles. The maximum absolute atomic E-state index is 11.8. The van der Waals surface area contributed by atoms with Crippen LogP contribution in [0.15, 0.2) is 50.9 Å². The fourth-order valence-electron chi connectivity index (χ4n) is 2.52. The van der Waals surface area contributed by atoms with Crippen LogP contribution in [-0.4, -0.2) is 42.6 Å². The third-order valence-corrected chi connectivity index (χ3v) is 5.02. The molecule has 156 valence electrons. The first kappa shape index (κ1) is 21.5.